The van der Waals surface area contributed by atoms with Crippen molar-refractivity contribution >= 4 is 0 Å². The molecule has 0 aromatic carbocycles. The van der Waals surface area contributed by atoms with Crippen molar-refractivity contribution in [2.24, 2.45) is 11.3 Å². The molecule has 2 heterocycles. The molecule has 2 nitrogen and oxygen atoms in total. The molecule has 0 aromatic heterocycles. The molecule has 2 aliphatic rings. The maximum atomic E-state index is 2.67. The predicted molar refractivity (Wildman–Crippen MR) is 69.7 cm³/mol. The van der Waals surface area contributed by atoms with Crippen LogP contribution >= 0.6 is 0 Å². The van der Waals surface area contributed by atoms with Crippen LogP contribution in [0.3, 0.4) is 0 Å². The monoisotopic (exact) mass is 224 g/mol. The quantitative estimate of drug-likeness (QED) is 0.724. The van der Waals surface area contributed by atoms with Gasteiger partial charge in [-0.1, -0.05) is 20.8 Å². The summed E-state index contributed by atoms with van der Waals surface area (Å²) >= 11 is 0. The van der Waals surface area contributed by atoms with Crippen LogP contribution in [0.4, 0.5) is 0 Å². The Labute approximate surface area is 101 Å². The van der Waals surface area contributed by atoms with E-state index in [9.17, 15) is 0 Å². The van der Waals surface area contributed by atoms with E-state index in [0.29, 0.717) is 0 Å². The molecule has 0 unspecified atom stereocenters. The van der Waals surface area contributed by atoms with E-state index in [-0.39, 0.29) is 0 Å². The number of hydrogen-bond acceptors (Lipinski definition) is 2. The van der Waals surface area contributed by atoms with Crippen LogP contribution in [0.25, 0.3) is 0 Å². The van der Waals surface area contributed by atoms with Gasteiger partial charge < -0.3 is 9.80 Å². The van der Waals surface area contributed by atoms with Gasteiger partial charge in [-0.2, -0.15) is 0 Å². The van der Waals surface area contributed by atoms with E-state index in [1.165, 1.54) is 58.5 Å². The second-order valence-corrected chi connectivity index (χ2v) is 6.41. The predicted octanol–water partition coefficient (Wildman–Crippen LogP) is 2.45. The Morgan fingerprint density at radius 1 is 1.06 bits per heavy atom. The zero-order valence-corrected chi connectivity index (χ0v) is 11.3. The molecule has 2 heteroatoms. The van der Waals surface area contributed by atoms with Crippen LogP contribution in [0, 0.1) is 11.3 Å². The van der Waals surface area contributed by atoms with Crippen LogP contribution in [0.2, 0.25) is 0 Å². The summed E-state index contributed by atoms with van der Waals surface area (Å²) in [5, 5.41) is 0. The highest BCUT2D eigenvalue weighted by Crippen LogP contribution is 2.40. The van der Waals surface area contributed by atoms with Gasteiger partial charge in [-0.3, -0.25) is 0 Å². The molecule has 1 spiro atoms. The zero-order chi connectivity index (χ0) is 11.6. The van der Waals surface area contributed by atoms with Crippen molar-refractivity contribution in [2.75, 3.05) is 39.3 Å². The van der Waals surface area contributed by atoms with Crippen LogP contribution in [0.15, 0.2) is 0 Å². The van der Waals surface area contributed by atoms with Gasteiger partial charge in [0.15, 0.2) is 0 Å². The highest BCUT2D eigenvalue weighted by molar-refractivity contribution is 4.97. The molecule has 94 valence electrons. The van der Waals surface area contributed by atoms with Crippen LogP contribution < -0.4 is 0 Å². The number of rotatable bonds is 4. The second kappa shape index (κ2) is 5.05. The molecule has 0 atom stereocenters. The maximum Gasteiger partial charge on any atom is 0.00514 e. The summed E-state index contributed by atoms with van der Waals surface area (Å²) in [6.07, 6.45) is 4.20. The first-order chi connectivity index (χ1) is 7.63. The molecular weight excluding hydrogens is 196 g/mol. The minimum Gasteiger partial charge on any atom is -0.303 e. The van der Waals surface area contributed by atoms with E-state index in [1.54, 1.807) is 0 Å². The van der Waals surface area contributed by atoms with E-state index in [0.717, 1.165) is 11.3 Å². The molecule has 0 aliphatic carbocycles. The molecule has 2 aliphatic heterocycles. The van der Waals surface area contributed by atoms with Crippen molar-refractivity contribution in [3.05, 3.63) is 0 Å². The van der Waals surface area contributed by atoms with Crippen molar-refractivity contribution in [1.29, 1.82) is 0 Å². The van der Waals surface area contributed by atoms with Gasteiger partial charge in [-0.25, -0.2) is 0 Å². The Kier molecular flexibility index (Phi) is 3.91. The summed E-state index contributed by atoms with van der Waals surface area (Å²) in [4.78, 5) is 5.30. The lowest BCUT2D eigenvalue weighted by atomic mass is 9.72. The van der Waals surface area contributed by atoms with Gasteiger partial charge in [0, 0.05) is 19.6 Å². The maximum absolute atomic E-state index is 2.67. The smallest absolute Gasteiger partial charge is 0.00514 e. The van der Waals surface area contributed by atoms with Gasteiger partial charge in [0.1, 0.15) is 0 Å². The lowest BCUT2D eigenvalue weighted by Gasteiger charge is -2.54. The van der Waals surface area contributed by atoms with Crippen molar-refractivity contribution in [3.8, 4) is 0 Å². The minimum absolute atomic E-state index is 0.725. The molecule has 0 N–H and O–H groups in total. The van der Waals surface area contributed by atoms with Crippen molar-refractivity contribution in [2.45, 2.75) is 40.0 Å². The summed E-state index contributed by atoms with van der Waals surface area (Å²) in [6.45, 7) is 15.0. The topological polar surface area (TPSA) is 6.48 Å². The third-order valence-electron chi connectivity index (χ3n) is 4.20. The fourth-order valence-corrected chi connectivity index (χ4v) is 3.42. The molecule has 0 saturated carbocycles. The molecule has 2 fully saturated rings. The lowest BCUT2D eigenvalue weighted by Crippen LogP contribution is -2.60. The third kappa shape index (κ3) is 2.78. The van der Waals surface area contributed by atoms with Gasteiger partial charge in [-0.05, 0) is 50.2 Å². The fourth-order valence-electron chi connectivity index (χ4n) is 3.42. The molecule has 0 bridgehead atoms. The Morgan fingerprint density at radius 2 is 1.69 bits per heavy atom. The summed E-state index contributed by atoms with van der Waals surface area (Å²) in [5.41, 5.74) is 0.725. The largest absolute Gasteiger partial charge is 0.303 e. The van der Waals surface area contributed by atoms with Crippen molar-refractivity contribution in [1.82, 2.24) is 9.80 Å². The standard InChI is InChI=1S/C14H28N2/c1-4-7-16-11-14(12-16)5-8-15(9-6-14)10-13(2)3/h13H,4-12H2,1-3H3. The first-order valence-electron chi connectivity index (χ1n) is 7.08. The van der Waals surface area contributed by atoms with Crippen LogP contribution in [0.5, 0.6) is 0 Å². The summed E-state index contributed by atoms with van der Waals surface area (Å²) in [6, 6.07) is 0. The zero-order valence-electron chi connectivity index (χ0n) is 11.3. The first-order valence-corrected chi connectivity index (χ1v) is 7.08. The summed E-state index contributed by atoms with van der Waals surface area (Å²) < 4.78 is 0. The van der Waals surface area contributed by atoms with Crippen molar-refractivity contribution in [3.63, 3.8) is 0 Å². The number of nitrogens with zero attached hydrogens (tertiary/aromatic N) is 2. The molecule has 0 aromatic rings. The molecule has 0 radical (unpaired) electrons. The van der Waals surface area contributed by atoms with Crippen molar-refractivity contribution < 1.29 is 0 Å². The van der Waals surface area contributed by atoms with E-state index in [4.69, 9.17) is 0 Å². The van der Waals surface area contributed by atoms with Gasteiger partial charge in [0.2, 0.25) is 0 Å². The number of piperidine rings is 1. The van der Waals surface area contributed by atoms with Gasteiger partial charge in [0.25, 0.3) is 0 Å². The van der Waals surface area contributed by atoms with E-state index < -0.39 is 0 Å². The summed E-state index contributed by atoms with van der Waals surface area (Å²) in [5.74, 6) is 0.826. The Morgan fingerprint density at radius 3 is 2.19 bits per heavy atom. The third-order valence-corrected chi connectivity index (χ3v) is 4.20. The average Bonchev–Trinajstić information content (AvgIpc) is 2.18. The Hall–Kier alpha value is -0.0800. The lowest BCUT2D eigenvalue weighted by molar-refractivity contribution is -0.0474. The Bertz CT molecular complexity index is 209. The highest BCUT2D eigenvalue weighted by Gasteiger charge is 2.43. The van der Waals surface area contributed by atoms with Gasteiger partial charge in [-0.15, -0.1) is 0 Å². The molecule has 0 amide bonds. The average molecular weight is 224 g/mol. The number of likely N-dealkylation sites (tertiary alicyclic amines) is 2. The second-order valence-electron chi connectivity index (χ2n) is 6.41. The summed E-state index contributed by atoms with van der Waals surface area (Å²) in [7, 11) is 0. The number of hydrogen-bond donors (Lipinski definition) is 0. The highest BCUT2D eigenvalue weighted by atomic mass is 15.2. The van der Waals surface area contributed by atoms with E-state index in [2.05, 4.69) is 30.6 Å². The normalized spacial score (nSPS) is 26.2. The first kappa shape index (κ1) is 12.4. The minimum atomic E-state index is 0.725. The van der Waals surface area contributed by atoms with Crippen LogP contribution in [0.1, 0.15) is 40.0 Å². The van der Waals surface area contributed by atoms with E-state index >= 15 is 0 Å². The SMILES string of the molecule is CCCN1CC2(CCN(CC(C)C)CC2)C1. The Balaban J connectivity index is 1.70. The molecular formula is C14H28N2. The van der Waals surface area contributed by atoms with E-state index in [1.807, 2.05) is 0 Å². The molecule has 16 heavy (non-hydrogen) atoms. The molecule has 2 rings (SSSR count). The van der Waals surface area contributed by atoms with Gasteiger partial charge >= 0.3 is 0 Å². The fraction of sp³-hybridized carbons (Fsp3) is 1.00. The van der Waals surface area contributed by atoms with Crippen LogP contribution in [-0.4, -0.2) is 49.1 Å². The van der Waals surface area contributed by atoms with Gasteiger partial charge in [0.05, 0.1) is 0 Å². The molecule has 2 saturated heterocycles. The van der Waals surface area contributed by atoms with Crippen LogP contribution in [-0.2, 0) is 0 Å².